The van der Waals surface area contributed by atoms with E-state index < -0.39 is 6.10 Å². The molecule has 4 nitrogen and oxygen atoms in total. The summed E-state index contributed by atoms with van der Waals surface area (Å²) in [6.45, 7) is 13.9. The van der Waals surface area contributed by atoms with Crippen molar-refractivity contribution in [1.29, 1.82) is 0 Å². The van der Waals surface area contributed by atoms with Gasteiger partial charge >= 0.3 is 0 Å². The Labute approximate surface area is 129 Å². The second-order valence-corrected chi connectivity index (χ2v) is 6.78. The van der Waals surface area contributed by atoms with Crippen LogP contribution in [-0.2, 0) is 11.3 Å². The van der Waals surface area contributed by atoms with Crippen molar-refractivity contribution >= 4 is 0 Å². The smallest absolute Gasteiger partial charge is 0.118 e. The van der Waals surface area contributed by atoms with E-state index in [2.05, 4.69) is 18.7 Å². The number of aryl methyl sites for hydroxylation is 1. The van der Waals surface area contributed by atoms with Crippen LogP contribution < -0.4 is 0 Å². The number of hydrogen-bond donors (Lipinski definition) is 1. The zero-order valence-corrected chi connectivity index (χ0v) is 14.3. The molecule has 0 amide bonds. The van der Waals surface area contributed by atoms with Gasteiger partial charge in [-0.15, -0.1) is 0 Å². The summed E-state index contributed by atoms with van der Waals surface area (Å²) >= 11 is 0. The summed E-state index contributed by atoms with van der Waals surface area (Å²) in [5, 5.41) is 10.2. The van der Waals surface area contributed by atoms with E-state index >= 15 is 0 Å². The van der Waals surface area contributed by atoms with Crippen molar-refractivity contribution in [2.24, 2.45) is 0 Å². The minimum absolute atomic E-state index is 0.222. The van der Waals surface area contributed by atoms with Gasteiger partial charge in [0.1, 0.15) is 11.5 Å². The highest BCUT2D eigenvalue weighted by atomic mass is 16.5. The van der Waals surface area contributed by atoms with Crippen LogP contribution in [0.15, 0.2) is 16.5 Å². The lowest BCUT2D eigenvalue weighted by Crippen LogP contribution is -2.40. The van der Waals surface area contributed by atoms with E-state index in [1.165, 1.54) is 0 Å². The van der Waals surface area contributed by atoms with Crippen molar-refractivity contribution in [3.8, 4) is 0 Å². The average molecular weight is 297 g/mol. The molecule has 0 spiro atoms. The van der Waals surface area contributed by atoms with Crippen molar-refractivity contribution in [3.63, 3.8) is 0 Å². The van der Waals surface area contributed by atoms with Crippen LogP contribution in [0.4, 0.5) is 0 Å². The van der Waals surface area contributed by atoms with Gasteiger partial charge in [0.2, 0.25) is 0 Å². The maximum atomic E-state index is 10.2. The Balaban J connectivity index is 2.57. The number of hydrogen-bond acceptors (Lipinski definition) is 4. The van der Waals surface area contributed by atoms with Gasteiger partial charge in [-0.3, -0.25) is 4.90 Å². The van der Waals surface area contributed by atoms with Gasteiger partial charge in [0.25, 0.3) is 0 Å². The Morgan fingerprint density at radius 2 is 2.00 bits per heavy atom. The zero-order chi connectivity index (χ0) is 16.0. The summed E-state index contributed by atoms with van der Waals surface area (Å²) in [6.07, 6.45) is 0.543. The molecule has 1 N–H and O–H groups in total. The molecule has 0 unspecified atom stereocenters. The number of furan rings is 1. The van der Waals surface area contributed by atoms with Crippen molar-refractivity contribution in [3.05, 3.63) is 23.7 Å². The molecule has 0 aliphatic carbocycles. The van der Waals surface area contributed by atoms with Crippen molar-refractivity contribution in [2.45, 2.75) is 72.3 Å². The van der Waals surface area contributed by atoms with Crippen LogP contribution >= 0.6 is 0 Å². The average Bonchev–Trinajstić information content (AvgIpc) is 2.79. The molecule has 1 aromatic rings. The standard InChI is InChI=1S/C17H31NO3/c1-7-13(2)18(11-16-9-8-14(3)21-16)10-15(19)12-20-17(4,5)6/h8-9,13,15,19H,7,10-12H2,1-6H3/t13-,15+/m1/s1. The largest absolute Gasteiger partial charge is 0.465 e. The maximum absolute atomic E-state index is 10.2. The Kier molecular flexibility index (Phi) is 6.91. The number of nitrogens with zero attached hydrogens (tertiary/aromatic N) is 1. The highest BCUT2D eigenvalue weighted by molar-refractivity contribution is 5.05. The topological polar surface area (TPSA) is 45.8 Å². The molecule has 0 bridgehead atoms. The van der Waals surface area contributed by atoms with E-state index in [1.54, 1.807) is 0 Å². The molecule has 1 heterocycles. The van der Waals surface area contributed by atoms with Crippen LogP contribution in [0.5, 0.6) is 0 Å². The lowest BCUT2D eigenvalue weighted by Gasteiger charge is -2.30. The summed E-state index contributed by atoms with van der Waals surface area (Å²) in [5.41, 5.74) is -0.222. The molecule has 1 aromatic heterocycles. The Morgan fingerprint density at radius 1 is 1.33 bits per heavy atom. The molecule has 0 saturated heterocycles. The lowest BCUT2D eigenvalue weighted by molar-refractivity contribution is -0.0597. The van der Waals surface area contributed by atoms with Gasteiger partial charge in [-0.1, -0.05) is 6.92 Å². The van der Waals surface area contributed by atoms with Crippen molar-refractivity contribution < 1.29 is 14.3 Å². The summed E-state index contributed by atoms with van der Waals surface area (Å²) in [6, 6.07) is 4.37. The molecule has 4 heteroatoms. The summed E-state index contributed by atoms with van der Waals surface area (Å²) < 4.78 is 11.3. The number of rotatable bonds is 8. The molecule has 2 atom stereocenters. The van der Waals surface area contributed by atoms with E-state index in [9.17, 15) is 5.11 Å². The van der Waals surface area contributed by atoms with Gasteiger partial charge in [-0.25, -0.2) is 0 Å². The van der Waals surface area contributed by atoms with E-state index in [4.69, 9.17) is 9.15 Å². The molecular formula is C17H31NO3. The Bertz CT molecular complexity index is 408. The van der Waals surface area contributed by atoms with Gasteiger partial charge < -0.3 is 14.3 Å². The SMILES string of the molecule is CC[C@@H](C)N(Cc1ccc(C)o1)C[C@H](O)COC(C)(C)C. The van der Waals surface area contributed by atoms with Gasteiger partial charge in [0.15, 0.2) is 0 Å². The normalized spacial score (nSPS) is 15.4. The molecule has 0 aromatic carbocycles. The Morgan fingerprint density at radius 3 is 2.48 bits per heavy atom. The number of aliphatic hydroxyl groups excluding tert-OH is 1. The van der Waals surface area contributed by atoms with Crippen LogP contribution in [0.2, 0.25) is 0 Å². The fourth-order valence-electron chi connectivity index (χ4n) is 2.10. The highest BCUT2D eigenvalue weighted by Gasteiger charge is 2.20. The monoisotopic (exact) mass is 297 g/mol. The van der Waals surface area contributed by atoms with Crippen LogP contribution in [-0.4, -0.2) is 40.9 Å². The van der Waals surface area contributed by atoms with Gasteiger partial charge in [0, 0.05) is 12.6 Å². The van der Waals surface area contributed by atoms with Crippen LogP contribution in [0.25, 0.3) is 0 Å². The van der Waals surface area contributed by atoms with E-state index in [0.29, 0.717) is 19.2 Å². The fraction of sp³-hybridized carbons (Fsp3) is 0.765. The first kappa shape index (κ1) is 18.2. The minimum Gasteiger partial charge on any atom is -0.465 e. The molecule has 0 aliphatic rings. The maximum Gasteiger partial charge on any atom is 0.118 e. The van der Waals surface area contributed by atoms with E-state index in [0.717, 1.165) is 24.5 Å². The predicted octanol–water partition coefficient (Wildman–Crippen LogP) is 3.36. The first-order valence-electron chi connectivity index (χ1n) is 7.82. The van der Waals surface area contributed by atoms with Crippen LogP contribution in [0.3, 0.4) is 0 Å². The lowest BCUT2D eigenvalue weighted by atomic mass is 10.1. The number of ether oxygens (including phenoxy) is 1. The third kappa shape index (κ3) is 7.11. The third-order valence-corrected chi connectivity index (χ3v) is 3.52. The van der Waals surface area contributed by atoms with E-state index in [1.807, 2.05) is 39.8 Å². The molecule has 0 fully saturated rings. The number of aliphatic hydroxyl groups is 1. The molecule has 1 rings (SSSR count). The zero-order valence-electron chi connectivity index (χ0n) is 14.3. The third-order valence-electron chi connectivity index (χ3n) is 3.52. The molecular weight excluding hydrogens is 266 g/mol. The van der Waals surface area contributed by atoms with Crippen LogP contribution in [0, 0.1) is 6.92 Å². The Hall–Kier alpha value is -0.840. The minimum atomic E-state index is -0.491. The van der Waals surface area contributed by atoms with Gasteiger partial charge in [-0.05, 0) is 53.2 Å². The first-order valence-corrected chi connectivity index (χ1v) is 7.82. The first-order chi connectivity index (χ1) is 9.71. The molecule has 0 saturated carbocycles. The quantitative estimate of drug-likeness (QED) is 0.799. The highest BCUT2D eigenvalue weighted by Crippen LogP contribution is 2.15. The summed E-state index contributed by atoms with van der Waals surface area (Å²) in [4.78, 5) is 2.24. The fourth-order valence-corrected chi connectivity index (χ4v) is 2.10. The molecule has 0 aliphatic heterocycles. The molecule has 0 radical (unpaired) electrons. The van der Waals surface area contributed by atoms with Crippen molar-refractivity contribution in [2.75, 3.05) is 13.2 Å². The molecule has 122 valence electrons. The van der Waals surface area contributed by atoms with Crippen molar-refractivity contribution in [1.82, 2.24) is 4.90 Å². The summed E-state index contributed by atoms with van der Waals surface area (Å²) in [5.74, 6) is 1.86. The van der Waals surface area contributed by atoms with Gasteiger partial charge in [0.05, 0.1) is 24.9 Å². The van der Waals surface area contributed by atoms with Gasteiger partial charge in [-0.2, -0.15) is 0 Å². The van der Waals surface area contributed by atoms with Crippen LogP contribution in [0.1, 0.15) is 52.6 Å². The predicted molar refractivity (Wildman–Crippen MR) is 85.3 cm³/mol. The van der Waals surface area contributed by atoms with E-state index in [-0.39, 0.29) is 5.60 Å². The summed E-state index contributed by atoms with van der Waals surface area (Å²) in [7, 11) is 0. The molecule has 21 heavy (non-hydrogen) atoms. The second-order valence-electron chi connectivity index (χ2n) is 6.78. The second kappa shape index (κ2) is 7.97.